The Bertz CT molecular complexity index is 853. The van der Waals surface area contributed by atoms with Crippen LogP contribution < -0.4 is 5.32 Å². The van der Waals surface area contributed by atoms with E-state index in [1.165, 1.54) is 7.11 Å². The lowest BCUT2D eigenvalue weighted by Gasteiger charge is -2.40. The molecule has 8 heteroatoms. The van der Waals surface area contributed by atoms with E-state index in [0.29, 0.717) is 24.3 Å². The third kappa shape index (κ3) is 4.73. The van der Waals surface area contributed by atoms with Crippen LogP contribution >= 0.6 is 0 Å². The maximum absolute atomic E-state index is 13.1. The summed E-state index contributed by atoms with van der Waals surface area (Å²) in [4.78, 5) is 51.1. The average Bonchev–Trinajstić information content (AvgIpc) is 2.95. The number of nitrogens with zero attached hydrogens (tertiary/aromatic N) is 1. The van der Waals surface area contributed by atoms with Crippen molar-refractivity contribution in [1.82, 2.24) is 10.2 Å². The van der Waals surface area contributed by atoms with Crippen molar-refractivity contribution >= 4 is 23.9 Å². The summed E-state index contributed by atoms with van der Waals surface area (Å²) in [5, 5.41) is 2.80. The van der Waals surface area contributed by atoms with Gasteiger partial charge in [0.15, 0.2) is 0 Å². The lowest BCUT2D eigenvalue weighted by atomic mass is 9.67. The van der Waals surface area contributed by atoms with Crippen LogP contribution in [0.4, 0.5) is 4.79 Å². The third-order valence-electron chi connectivity index (χ3n) is 6.36. The molecule has 8 nitrogen and oxygen atoms in total. The molecule has 1 saturated heterocycles. The van der Waals surface area contributed by atoms with E-state index in [1.807, 2.05) is 0 Å². The number of carbonyl (C=O) groups excluding carboxylic acids is 4. The predicted molar refractivity (Wildman–Crippen MR) is 112 cm³/mol. The van der Waals surface area contributed by atoms with E-state index in [0.717, 1.165) is 17.7 Å². The van der Waals surface area contributed by atoms with Gasteiger partial charge in [-0.25, -0.2) is 9.59 Å². The fourth-order valence-electron chi connectivity index (χ4n) is 4.42. The molecule has 1 spiro atoms. The summed E-state index contributed by atoms with van der Waals surface area (Å²) in [6.07, 6.45) is 1.47. The normalized spacial score (nSPS) is 24.6. The van der Waals surface area contributed by atoms with Crippen LogP contribution in [-0.4, -0.2) is 48.0 Å². The Hall–Kier alpha value is -2.90. The van der Waals surface area contributed by atoms with Crippen molar-refractivity contribution in [3.8, 4) is 0 Å². The standard InChI is InChI=1S/C23H30N2O6/c1-22(2,3)16-10-12-23(13-11-16)20(28)25(21(29)24-23)14-17(26)31-18(19(27)30-4)15-8-6-5-7-9-15/h5-9,16,18H,10-14H2,1-4H3,(H,24,29). The second kappa shape index (κ2) is 8.69. The number of imide groups is 1. The molecule has 168 valence electrons. The molecule has 3 amide bonds. The van der Waals surface area contributed by atoms with Crippen LogP contribution in [0.3, 0.4) is 0 Å². The van der Waals surface area contributed by atoms with Gasteiger partial charge in [-0.2, -0.15) is 0 Å². The van der Waals surface area contributed by atoms with Gasteiger partial charge in [-0.3, -0.25) is 14.5 Å². The van der Waals surface area contributed by atoms with Crippen LogP contribution in [0.25, 0.3) is 0 Å². The van der Waals surface area contributed by atoms with E-state index in [9.17, 15) is 19.2 Å². The first-order chi connectivity index (χ1) is 14.6. The molecule has 1 aliphatic carbocycles. The Morgan fingerprint density at radius 2 is 1.77 bits per heavy atom. The minimum absolute atomic E-state index is 0.136. The molecular weight excluding hydrogens is 400 g/mol. The van der Waals surface area contributed by atoms with E-state index in [2.05, 4.69) is 26.1 Å². The summed E-state index contributed by atoms with van der Waals surface area (Å²) >= 11 is 0. The van der Waals surface area contributed by atoms with Crippen LogP contribution in [0.2, 0.25) is 0 Å². The molecule has 1 N–H and O–H groups in total. The Balaban J connectivity index is 1.67. The SMILES string of the molecule is COC(=O)C(OC(=O)CN1C(=O)NC2(CCC(C(C)(C)C)CC2)C1=O)c1ccccc1. The Morgan fingerprint density at radius 3 is 2.32 bits per heavy atom. The zero-order valence-corrected chi connectivity index (χ0v) is 18.5. The van der Waals surface area contributed by atoms with E-state index in [4.69, 9.17) is 9.47 Å². The lowest BCUT2D eigenvalue weighted by molar-refractivity contribution is -0.167. The molecule has 1 aromatic rings. The summed E-state index contributed by atoms with van der Waals surface area (Å²) in [5.74, 6) is -1.54. The first-order valence-electron chi connectivity index (χ1n) is 10.5. The van der Waals surface area contributed by atoms with Crippen molar-refractivity contribution in [2.24, 2.45) is 11.3 Å². The number of amides is 3. The Morgan fingerprint density at radius 1 is 1.16 bits per heavy atom. The highest BCUT2D eigenvalue weighted by atomic mass is 16.6. The number of ether oxygens (including phenoxy) is 2. The number of benzene rings is 1. The molecule has 0 bridgehead atoms. The summed E-state index contributed by atoms with van der Waals surface area (Å²) in [6.45, 7) is 5.97. The van der Waals surface area contributed by atoms with Crippen LogP contribution in [0.1, 0.15) is 58.1 Å². The van der Waals surface area contributed by atoms with Gasteiger partial charge in [0.05, 0.1) is 7.11 Å². The monoisotopic (exact) mass is 430 g/mol. The molecule has 0 radical (unpaired) electrons. The molecule has 2 aliphatic rings. The van der Waals surface area contributed by atoms with Crippen LogP contribution in [-0.2, 0) is 23.9 Å². The van der Waals surface area contributed by atoms with E-state index < -0.39 is 42.1 Å². The average molecular weight is 431 g/mol. The van der Waals surface area contributed by atoms with Crippen molar-refractivity contribution in [1.29, 1.82) is 0 Å². The molecule has 31 heavy (non-hydrogen) atoms. The number of urea groups is 1. The first-order valence-corrected chi connectivity index (χ1v) is 10.5. The minimum Gasteiger partial charge on any atom is -0.466 e. The van der Waals surface area contributed by atoms with E-state index in [-0.39, 0.29) is 5.41 Å². The predicted octanol–water partition coefficient (Wildman–Crippen LogP) is 2.97. The Labute approximate surface area is 182 Å². The zero-order valence-electron chi connectivity index (χ0n) is 18.5. The maximum Gasteiger partial charge on any atom is 0.351 e. The van der Waals surface area contributed by atoms with Crippen molar-refractivity contribution in [3.63, 3.8) is 0 Å². The smallest absolute Gasteiger partial charge is 0.351 e. The first kappa shape index (κ1) is 22.8. The van der Waals surface area contributed by atoms with E-state index >= 15 is 0 Å². The van der Waals surface area contributed by atoms with Crippen molar-refractivity contribution in [3.05, 3.63) is 35.9 Å². The summed E-state index contributed by atoms with van der Waals surface area (Å²) < 4.78 is 10.0. The molecule has 3 rings (SSSR count). The lowest BCUT2D eigenvalue weighted by Crippen LogP contribution is -2.50. The van der Waals surface area contributed by atoms with Gasteiger partial charge in [0, 0.05) is 5.56 Å². The van der Waals surface area contributed by atoms with Crippen LogP contribution in [0.15, 0.2) is 30.3 Å². The van der Waals surface area contributed by atoms with E-state index in [1.54, 1.807) is 30.3 Å². The summed E-state index contributed by atoms with van der Waals surface area (Å²) in [6, 6.07) is 7.82. The number of nitrogens with one attached hydrogen (secondary N) is 1. The van der Waals surface area contributed by atoms with Gasteiger partial charge in [-0.15, -0.1) is 0 Å². The highest BCUT2D eigenvalue weighted by Crippen LogP contribution is 2.43. The van der Waals surface area contributed by atoms with Gasteiger partial charge in [-0.1, -0.05) is 51.1 Å². The number of esters is 2. The second-order valence-corrected chi connectivity index (χ2v) is 9.35. The third-order valence-corrected chi connectivity index (χ3v) is 6.36. The number of methoxy groups -OCH3 is 1. The van der Waals surface area contributed by atoms with Gasteiger partial charge in [0.25, 0.3) is 5.91 Å². The Kier molecular flexibility index (Phi) is 6.38. The van der Waals surface area contributed by atoms with Gasteiger partial charge in [-0.05, 0) is 37.0 Å². The molecule has 1 aromatic carbocycles. The highest BCUT2D eigenvalue weighted by molar-refractivity contribution is 6.08. The fourth-order valence-corrected chi connectivity index (χ4v) is 4.42. The topological polar surface area (TPSA) is 102 Å². The molecule has 2 fully saturated rings. The van der Waals surface area contributed by atoms with Crippen molar-refractivity contribution < 1.29 is 28.7 Å². The molecule has 1 aliphatic heterocycles. The summed E-state index contributed by atoms with van der Waals surface area (Å²) in [5.41, 5.74) is -0.380. The second-order valence-electron chi connectivity index (χ2n) is 9.35. The minimum atomic E-state index is -1.27. The molecule has 0 aromatic heterocycles. The van der Waals surface area contributed by atoms with Crippen molar-refractivity contribution in [2.45, 2.75) is 58.1 Å². The molecule has 1 atom stereocenters. The fraction of sp³-hybridized carbons (Fsp3) is 0.565. The molecular formula is C23H30N2O6. The molecule has 1 saturated carbocycles. The number of hydrogen-bond donors (Lipinski definition) is 1. The van der Waals surface area contributed by atoms with Crippen LogP contribution in [0, 0.1) is 11.3 Å². The zero-order chi connectivity index (χ0) is 22.8. The molecule has 1 unspecified atom stereocenters. The number of rotatable bonds is 5. The van der Waals surface area contributed by atoms with Gasteiger partial charge >= 0.3 is 18.0 Å². The summed E-state index contributed by atoms with van der Waals surface area (Å²) in [7, 11) is 1.20. The highest BCUT2D eigenvalue weighted by Gasteiger charge is 2.53. The quantitative estimate of drug-likeness (QED) is 0.569. The van der Waals surface area contributed by atoms with Crippen LogP contribution in [0.5, 0.6) is 0 Å². The molecule has 1 heterocycles. The van der Waals surface area contributed by atoms with Gasteiger partial charge in [0.1, 0.15) is 12.1 Å². The van der Waals surface area contributed by atoms with Crippen molar-refractivity contribution in [2.75, 3.05) is 13.7 Å². The van der Waals surface area contributed by atoms with Gasteiger partial charge in [0.2, 0.25) is 6.10 Å². The number of carbonyl (C=O) groups is 4. The van der Waals surface area contributed by atoms with Gasteiger partial charge < -0.3 is 14.8 Å². The number of hydrogen-bond acceptors (Lipinski definition) is 6. The largest absolute Gasteiger partial charge is 0.466 e. The maximum atomic E-state index is 13.1.